The summed E-state index contributed by atoms with van der Waals surface area (Å²) in [6, 6.07) is 9.51. The van der Waals surface area contributed by atoms with E-state index in [2.05, 4.69) is 0 Å². The first-order valence-electron chi connectivity index (χ1n) is 7.92. The van der Waals surface area contributed by atoms with Gasteiger partial charge in [-0.1, -0.05) is 23.7 Å². The van der Waals surface area contributed by atoms with Crippen LogP contribution in [0.4, 0.5) is 0 Å². The van der Waals surface area contributed by atoms with E-state index >= 15 is 0 Å². The molecule has 4 nitrogen and oxygen atoms in total. The van der Waals surface area contributed by atoms with Gasteiger partial charge >= 0.3 is 0 Å². The Kier molecular flexibility index (Phi) is 4.84. The first kappa shape index (κ1) is 17.5. The molecule has 5 heteroatoms. The minimum atomic E-state index is -0.0101. The minimum Gasteiger partial charge on any atom is -0.493 e. The van der Waals surface area contributed by atoms with Gasteiger partial charge in [0, 0.05) is 17.0 Å². The summed E-state index contributed by atoms with van der Waals surface area (Å²) in [5.41, 5.74) is 5.34. The first-order chi connectivity index (χ1) is 12.0. The molecule has 0 fully saturated rings. The molecule has 0 bridgehead atoms. The van der Waals surface area contributed by atoms with Crippen molar-refractivity contribution < 1.29 is 14.6 Å². The van der Waals surface area contributed by atoms with Gasteiger partial charge in [0.15, 0.2) is 11.5 Å². The highest BCUT2D eigenvalue weighted by atomic mass is 35.5. The normalized spacial score (nSPS) is 11.0. The van der Waals surface area contributed by atoms with Crippen LogP contribution in [0.25, 0.3) is 22.2 Å². The molecule has 1 N–H and O–H groups in total. The maximum Gasteiger partial charge on any atom is 0.162 e. The van der Waals surface area contributed by atoms with Gasteiger partial charge in [-0.2, -0.15) is 0 Å². The molecule has 0 saturated heterocycles. The summed E-state index contributed by atoms with van der Waals surface area (Å²) in [7, 11) is 3.17. The second-order valence-electron chi connectivity index (χ2n) is 5.92. The van der Waals surface area contributed by atoms with Crippen LogP contribution >= 0.6 is 11.6 Å². The summed E-state index contributed by atoms with van der Waals surface area (Å²) >= 11 is 6.46. The van der Waals surface area contributed by atoms with E-state index in [-0.39, 0.29) is 6.61 Å². The number of hydrogen-bond acceptors (Lipinski definition) is 4. The molecule has 0 aliphatic carbocycles. The van der Waals surface area contributed by atoms with Crippen molar-refractivity contribution in [3.8, 4) is 22.8 Å². The van der Waals surface area contributed by atoms with E-state index in [1.54, 1.807) is 20.3 Å². The molecule has 0 saturated carbocycles. The average Bonchev–Trinajstić information content (AvgIpc) is 2.62. The van der Waals surface area contributed by atoms with Crippen molar-refractivity contribution in [3.05, 3.63) is 52.0 Å². The zero-order chi connectivity index (χ0) is 18.1. The molecular formula is C20H20ClNO3. The number of hydrogen-bond donors (Lipinski definition) is 1. The molecular weight excluding hydrogens is 338 g/mol. The Morgan fingerprint density at radius 3 is 2.36 bits per heavy atom. The maximum absolute atomic E-state index is 9.52. The highest BCUT2D eigenvalue weighted by molar-refractivity contribution is 6.33. The topological polar surface area (TPSA) is 51.6 Å². The summed E-state index contributed by atoms with van der Waals surface area (Å²) in [5, 5.41) is 11.1. The number of aryl methyl sites for hydroxylation is 2. The minimum absolute atomic E-state index is 0.0101. The third-order valence-corrected chi connectivity index (χ3v) is 4.79. The number of pyridine rings is 1. The SMILES string of the molecule is COc1cc(Cl)c(-c2cc(C)c3ccc(CO)c(C)c3n2)cc1OC. The Balaban J connectivity index is 2.28. The molecule has 1 aromatic heterocycles. The van der Waals surface area contributed by atoms with Crippen LogP contribution in [0, 0.1) is 13.8 Å². The number of nitrogens with zero attached hydrogens (tertiary/aromatic N) is 1. The molecule has 0 aliphatic rings. The van der Waals surface area contributed by atoms with Crippen LogP contribution in [0.3, 0.4) is 0 Å². The van der Waals surface area contributed by atoms with Crippen molar-refractivity contribution in [1.29, 1.82) is 0 Å². The second kappa shape index (κ2) is 6.90. The van der Waals surface area contributed by atoms with E-state index in [0.717, 1.165) is 38.9 Å². The number of aromatic nitrogens is 1. The molecule has 130 valence electrons. The Morgan fingerprint density at radius 2 is 1.72 bits per heavy atom. The molecule has 0 spiro atoms. The number of aliphatic hydroxyl groups is 1. The third kappa shape index (κ3) is 3.03. The summed E-state index contributed by atoms with van der Waals surface area (Å²) in [6.07, 6.45) is 0. The molecule has 0 amide bonds. The highest BCUT2D eigenvalue weighted by Crippen LogP contribution is 2.39. The summed E-state index contributed by atoms with van der Waals surface area (Å²) < 4.78 is 10.7. The molecule has 1 heterocycles. The van der Waals surface area contributed by atoms with Crippen molar-refractivity contribution in [2.45, 2.75) is 20.5 Å². The fraction of sp³-hybridized carbons (Fsp3) is 0.250. The van der Waals surface area contributed by atoms with Gasteiger partial charge in [0.05, 0.1) is 37.1 Å². The number of halogens is 1. The average molecular weight is 358 g/mol. The van der Waals surface area contributed by atoms with E-state index in [9.17, 15) is 5.11 Å². The van der Waals surface area contributed by atoms with Gasteiger partial charge in [-0.3, -0.25) is 0 Å². The molecule has 3 rings (SSSR count). The van der Waals surface area contributed by atoms with Crippen LogP contribution in [0.2, 0.25) is 5.02 Å². The van der Waals surface area contributed by atoms with Crippen molar-refractivity contribution in [1.82, 2.24) is 4.98 Å². The predicted octanol–water partition coefficient (Wildman–Crippen LogP) is 4.68. The van der Waals surface area contributed by atoms with Gasteiger partial charge in [-0.15, -0.1) is 0 Å². The second-order valence-corrected chi connectivity index (χ2v) is 6.32. The third-order valence-electron chi connectivity index (χ3n) is 4.47. The Labute approximate surface area is 152 Å². The number of methoxy groups -OCH3 is 2. The van der Waals surface area contributed by atoms with Crippen LogP contribution in [-0.2, 0) is 6.61 Å². The quantitative estimate of drug-likeness (QED) is 0.736. The molecule has 25 heavy (non-hydrogen) atoms. The Hall–Kier alpha value is -2.30. The number of aliphatic hydroxyl groups excluding tert-OH is 1. The smallest absolute Gasteiger partial charge is 0.162 e. The first-order valence-corrected chi connectivity index (χ1v) is 8.30. The Morgan fingerprint density at radius 1 is 1.04 bits per heavy atom. The number of benzene rings is 2. The van der Waals surface area contributed by atoms with Crippen LogP contribution in [-0.4, -0.2) is 24.3 Å². The van der Waals surface area contributed by atoms with Gasteiger partial charge in [-0.05, 0) is 42.7 Å². The van der Waals surface area contributed by atoms with Crippen molar-refractivity contribution in [3.63, 3.8) is 0 Å². The summed E-state index contributed by atoms with van der Waals surface area (Å²) in [5.74, 6) is 1.18. The number of fused-ring (bicyclic) bond motifs is 1. The van der Waals surface area contributed by atoms with Crippen molar-refractivity contribution in [2.24, 2.45) is 0 Å². The van der Waals surface area contributed by atoms with Crippen molar-refractivity contribution in [2.75, 3.05) is 14.2 Å². The van der Waals surface area contributed by atoms with Gasteiger partial charge in [0.2, 0.25) is 0 Å². The molecule has 0 unspecified atom stereocenters. The lowest BCUT2D eigenvalue weighted by Gasteiger charge is -2.14. The van der Waals surface area contributed by atoms with Crippen molar-refractivity contribution >= 4 is 22.5 Å². The van der Waals surface area contributed by atoms with E-state index in [1.165, 1.54) is 0 Å². The highest BCUT2D eigenvalue weighted by Gasteiger charge is 2.15. The van der Waals surface area contributed by atoms with E-state index in [0.29, 0.717) is 16.5 Å². The number of rotatable bonds is 4. The molecule has 0 atom stereocenters. The van der Waals surface area contributed by atoms with E-state index < -0.39 is 0 Å². The van der Waals surface area contributed by atoms with Crippen LogP contribution in [0.15, 0.2) is 30.3 Å². The van der Waals surface area contributed by atoms with E-state index in [1.807, 2.05) is 38.1 Å². The zero-order valence-electron chi connectivity index (χ0n) is 14.7. The zero-order valence-corrected chi connectivity index (χ0v) is 15.4. The molecule has 3 aromatic rings. The van der Waals surface area contributed by atoms with Crippen LogP contribution in [0.5, 0.6) is 11.5 Å². The Bertz CT molecular complexity index is 954. The van der Waals surface area contributed by atoms with Gasteiger partial charge in [0.25, 0.3) is 0 Å². The lowest BCUT2D eigenvalue weighted by Crippen LogP contribution is -1.97. The van der Waals surface area contributed by atoms with Crippen LogP contribution in [0.1, 0.15) is 16.7 Å². The van der Waals surface area contributed by atoms with Gasteiger partial charge < -0.3 is 14.6 Å². The summed E-state index contributed by atoms with van der Waals surface area (Å²) in [6.45, 7) is 4.00. The standard InChI is InChI=1S/C20H20ClNO3/c1-11-7-17(15-8-18(24-3)19(25-4)9-16(15)21)22-20-12(2)13(10-23)5-6-14(11)20/h5-9,23H,10H2,1-4H3. The number of ether oxygens (including phenoxy) is 2. The fourth-order valence-corrected chi connectivity index (χ4v) is 3.25. The monoisotopic (exact) mass is 357 g/mol. The molecule has 0 aliphatic heterocycles. The largest absolute Gasteiger partial charge is 0.493 e. The van der Waals surface area contributed by atoms with Gasteiger partial charge in [-0.25, -0.2) is 4.98 Å². The predicted molar refractivity (Wildman–Crippen MR) is 101 cm³/mol. The van der Waals surface area contributed by atoms with E-state index in [4.69, 9.17) is 26.1 Å². The maximum atomic E-state index is 9.52. The van der Waals surface area contributed by atoms with Gasteiger partial charge in [0.1, 0.15) is 0 Å². The molecule has 0 radical (unpaired) electrons. The summed E-state index contributed by atoms with van der Waals surface area (Å²) in [4.78, 5) is 4.81. The fourth-order valence-electron chi connectivity index (χ4n) is 3.00. The molecule has 2 aromatic carbocycles. The lowest BCUT2D eigenvalue weighted by molar-refractivity contribution is 0.281. The van der Waals surface area contributed by atoms with Crippen LogP contribution < -0.4 is 9.47 Å². The lowest BCUT2D eigenvalue weighted by atomic mass is 9.99.